The van der Waals surface area contributed by atoms with Crippen molar-refractivity contribution in [1.29, 1.82) is 0 Å². The Hall–Kier alpha value is -3.13. The number of aromatic nitrogens is 1. The van der Waals surface area contributed by atoms with Gasteiger partial charge < -0.3 is 5.32 Å². The molecule has 0 atom stereocenters. The molecule has 1 aliphatic heterocycles. The summed E-state index contributed by atoms with van der Waals surface area (Å²) in [7, 11) is 0. The van der Waals surface area contributed by atoms with E-state index in [1.54, 1.807) is 6.08 Å². The Bertz CT molecular complexity index is 1060. The fourth-order valence-corrected chi connectivity index (χ4v) is 4.02. The van der Waals surface area contributed by atoms with E-state index < -0.39 is 0 Å². The van der Waals surface area contributed by atoms with Gasteiger partial charge in [0.05, 0.1) is 0 Å². The number of benzene rings is 1. The van der Waals surface area contributed by atoms with Crippen LogP contribution in [0.15, 0.2) is 73.5 Å². The lowest BCUT2D eigenvalue weighted by atomic mass is 9.90. The lowest BCUT2D eigenvalue weighted by molar-refractivity contribution is 0.783. The average molecular weight is 413 g/mol. The Morgan fingerprint density at radius 3 is 2.61 bits per heavy atom. The van der Waals surface area contributed by atoms with Gasteiger partial charge in [-0.3, -0.25) is 4.98 Å². The van der Waals surface area contributed by atoms with Crippen LogP contribution in [0.3, 0.4) is 0 Å². The molecule has 0 spiro atoms. The first kappa shape index (κ1) is 24.1. The van der Waals surface area contributed by atoms with Gasteiger partial charge in [0, 0.05) is 40.8 Å². The maximum Gasteiger partial charge on any atom is 0.0451 e. The molecule has 162 valence electrons. The van der Waals surface area contributed by atoms with E-state index in [0.29, 0.717) is 0 Å². The fraction of sp³-hybridized carbons (Fsp3) is 0.276. The summed E-state index contributed by atoms with van der Waals surface area (Å²) in [4.78, 5) is 4.74. The molecule has 2 aromatic rings. The number of fused-ring (bicyclic) bond motifs is 1. The Labute approximate surface area is 188 Å². The van der Waals surface area contributed by atoms with Crippen LogP contribution in [0.2, 0.25) is 0 Å². The van der Waals surface area contributed by atoms with Crippen molar-refractivity contribution in [2.75, 3.05) is 6.54 Å². The fourth-order valence-electron chi connectivity index (χ4n) is 4.02. The van der Waals surface area contributed by atoms with Gasteiger partial charge >= 0.3 is 0 Å². The maximum absolute atomic E-state index is 4.74. The van der Waals surface area contributed by atoms with E-state index in [0.717, 1.165) is 36.3 Å². The van der Waals surface area contributed by atoms with E-state index in [1.165, 1.54) is 39.0 Å². The molecule has 31 heavy (non-hydrogen) atoms. The first-order valence-electron chi connectivity index (χ1n) is 10.6. The Morgan fingerprint density at radius 1 is 1.16 bits per heavy atom. The van der Waals surface area contributed by atoms with Crippen LogP contribution in [-0.2, 0) is 6.42 Å². The van der Waals surface area contributed by atoms with Crippen LogP contribution in [0.4, 0.5) is 0 Å². The minimum absolute atomic E-state index is 0. The van der Waals surface area contributed by atoms with Gasteiger partial charge in [0.25, 0.3) is 0 Å². The zero-order valence-electron chi connectivity index (χ0n) is 18.7. The summed E-state index contributed by atoms with van der Waals surface area (Å²) in [5.74, 6) is 0. The Balaban J connectivity index is 0.00000341. The standard InChI is InChI=1S/C28H32N2.CH4/c1-7-9-12-26(19(3)4)24-17-28(21(6)30-18-24)25(8-2)23-13-14-27-20(5)29-15-10-11-22(27)16-23;/h7-9,12-14,16-18,29H,1,5,10-11,15H2,2-4,6H3;1H4/b12-9-,25-8-;. The van der Waals surface area contributed by atoms with E-state index in [-0.39, 0.29) is 7.43 Å². The minimum atomic E-state index is 0. The number of allylic oxidation sites excluding steroid dienone is 6. The molecule has 0 aliphatic carbocycles. The molecule has 0 fully saturated rings. The SMILES string of the molecule is C.C=C/C=C\C(=C(C)C)c1cnc(C)c(/C(=C\C)c2ccc3c(c2)CCCNC3=C)c1. The third kappa shape index (κ3) is 5.32. The summed E-state index contributed by atoms with van der Waals surface area (Å²) >= 11 is 0. The molecule has 0 radical (unpaired) electrons. The van der Waals surface area contributed by atoms with Crippen LogP contribution in [0, 0.1) is 6.92 Å². The molecule has 0 amide bonds. The highest BCUT2D eigenvalue weighted by Gasteiger charge is 2.15. The van der Waals surface area contributed by atoms with Gasteiger partial charge in [-0.15, -0.1) is 0 Å². The molecule has 1 aliphatic rings. The summed E-state index contributed by atoms with van der Waals surface area (Å²) < 4.78 is 0. The van der Waals surface area contributed by atoms with Crippen molar-refractivity contribution in [3.05, 3.63) is 107 Å². The van der Waals surface area contributed by atoms with Crippen molar-refractivity contribution in [2.24, 2.45) is 0 Å². The highest BCUT2D eigenvalue weighted by molar-refractivity contribution is 5.85. The van der Waals surface area contributed by atoms with Gasteiger partial charge in [-0.05, 0) is 68.9 Å². The maximum atomic E-state index is 4.74. The number of hydrogen-bond donors (Lipinski definition) is 1. The van der Waals surface area contributed by atoms with Crippen LogP contribution in [0.1, 0.15) is 68.1 Å². The molecule has 0 saturated heterocycles. The summed E-state index contributed by atoms with van der Waals surface area (Å²) in [5.41, 5.74) is 11.8. The van der Waals surface area contributed by atoms with E-state index >= 15 is 0 Å². The zero-order valence-corrected chi connectivity index (χ0v) is 18.7. The van der Waals surface area contributed by atoms with Gasteiger partial charge in [0.2, 0.25) is 0 Å². The summed E-state index contributed by atoms with van der Waals surface area (Å²) in [6.07, 6.45) is 12.2. The van der Waals surface area contributed by atoms with Crippen molar-refractivity contribution in [2.45, 2.75) is 48.0 Å². The van der Waals surface area contributed by atoms with Gasteiger partial charge in [-0.2, -0.15) is 0 Å². The lowest BCUT2D eigenvalue weighted by Gasteiger charge is -2.16. The second-order valence-electron chi connectivity index (χ2n) is 7.95. The van der Waals surface area contributed by atoms with Gasteiger partial charge in [-0.25, -0.2) is 0 Å². The van der Waals surface area contributed by atoms with Crippen LogP contribution in [-0.4, -0.2) is 11.5 Å². The predicted octanol–water partition coefficient (Wildman–Crippen LogP) is 7.52. The van der Waals surface area contributed by atoms with Crippen molar-refractivity contribution >= 4 is 16.8 Å². The molecular weight excluding hydrogens is 376 g/mol. The van der Waals surface area contributed by atoms with Crippen LogP contribution in [0.5, 0.6) is 0 Å². The molecule has 0 saturated carbocycles. The molecule has 2 nitrogen and oxygen atoms in total. The number of hydrogen-bond acceptors (Lipinski definition) is 2. The molecule has 2 heteroatoms. The van der Waals surface area contributed by atoms with Crippen LogP contribution < -0.4 is 5.32 Å². The molecule has 1 aromatic carbocycles. The third-order valence-corrected chi connectivity index (χ3v) is 5.62. The second kappa shape index (κ2) is 10.8. The molecule has 2 heterocycles. The molecule has 0 unspecified atom stereocenters. The number of nitrogens with zero attached hydrogens (tertiary/aromatic N) is 1. The van der Waals surface area contributed by atoms with Crippen LogP contribution >= 0.6 is 0 Å². The van der Waals surface area contributed by atoms with Gasteiger partial charge in [0.1, 0.15) is 0 Å². The number of pyridine rings is 1. The minimum Gasteiger partial charge on any atom is -0.385 e. The average Bonchev–Trinajstić information content (AvgIpc) is 2.91. The molecule has 0 bridgehead atoms. The topological polar surface area (TPSA) is 24.9 Å². The first-order chi connectivity index (χ1) is 14.5. The number of rotatable bonds is 5. The summed E-state index contributed by atoms with van der Waals surface area (Å²) in [6.45, 7) is 17.4. The zero-order chi connectivity index (χ0) is 21.7. The molecule has 3 rings (SSSR count). The van der Waals surface area contributed by atoms with Crippen molar-refractivity contribution in [1.82, 2.24) is 10.3 Å². The van der Waals surface area contributed by atoms with Crippen molar-refractivity contribution in [3.63, 3.8) is 0 Å². The highest BCUT2D eigenvalue weighted by Crippen LogP contribution is 2.32. The molecule has 1 N–H and O–H groups in total. The Kier molecular flexibility index (Phi) is 8.38. The van der Waals surface area contributed by atoms with E-state index in [1.807, 2.05) is 12.3 Å². The molecular formula is C29H36N2. The number of nitrogens with one attached hydrogen (secondary N) is 1. The van der Waals surface area contributed by atoms with E-state index in [2.05, 4.69) is 82.6 Å². The van der Waals surface area contributed by atoms with Crippen molar-refractivity contribution in [3.8, 4) is 0 Å². The lowest BCUT2D eigenvalue weighted by Crippen LogP contribution is -2.10. The quantitative estimate of drug-likeness (QED) is 0.514. The summed E-state index contributed by atoms with van der Waals surface area (Å²) in [6, 6.07) is 9.00. The smallest absolute Gasteiger partial charge is 0.0451 e. The molecule has 1 aromatic heterocycles. The first-order valence-corrected chi connectivity index (χ1v) is 10.6. The van der Waals surface area contributed by atoms with E-state index in [9.17, 15) is 0 Å². The Morgan fingerprint density at radius 2 is 1.94 bits per heavy atom. The predicted molar refractivity (Wildman–Crippen MR) is 138 cm³/mol. The summed E-state index contributed by atoms with van der Waals surface area (Å²) in [5, 5.41) is 3.41. The normalized spacial score (nSPS) is 13.7. The monoisotopic (exact) mass is 412 g/mol. The van der Waals surface area contributed by atoms with Crippen LogP contribution in [0.25, 0.3) is 16.8 Å². The largest absolute Gasteiger partial charge is 0.385 e. The third-order valence-electron chi connectivity index (χ3n) is 5.62. The second-order valence-corrected chi connectivity index (χ2v) is 7.95. The highest BCUT2D eigenvalue weighted by atomic mass is 14.9. The van der Waals surface area contributed by atoms with Gasteiger partial charge in [-0.1, -0.05) is 68.7 Å². The number of aryl methyl sites for hydroxylation is 2. The van der Waals surface area contributed by atoms with E-state index in [4.69, 9.17) is 4.98 Å². The van der Waals surface area contributed by atoms with Crippen molar-refractivity contribution < 1.29 is 0 Å². The van der Waals surface area contributed by atoms with Gasteiger partial charge in [0.15, 0.2) is 0 Å².